The van der Waals surface area contributed by atoms with Crippen molar-refractivity contribution in [2.75, 3.05) is 6.67 Å². The first-order chi connectivity index (χ1) is 5.85. The maximum Gasteiger partial charge on any atom is 0.0894 e. The van der Waals surface area contributed by atoms with E-state index in [0.717, 1.165) is 18.8 Å². The van der Waals surface area contributed by atoms with Gasteiger partial charge >= 0.3 is 0 Å². The van der Waals surface area contributed by atoms with Gasteiger partial charge in [-0.15, -0.1) is 0 Å². The van der Waals surface area contributed by atoms with Gasteiger partial charge in [0.1, 0.15) is 0 Å². The first-order valence-corrected chi connectivity index (χ1v) is 5.41. The van der Waals surface area contributed by atoms with Crippen molar-refractivity contribution < 1.29 is 4.39 Å². The first-order valence-electron chi connectivity index (χ1n) is 5.41. The van der Waals surface area contributed by atoms with Crippen molar-refractivity contribution in [3.05, 3.63) is 0 Å². The molecule has 0 heterocycles. The molecule has 0 N–H and O–H groups in total. The topological polar surface area (TPSA) is 0 Å². The highest BCUT2D eigenvalue weighted by atomic mass is 19.1. The van der Waals surface area contributed by atoms with E-state index in [2.05, 4.69) is 13.8 Å². The van der Waals surface area contributed by atoms with Crippen LogP contribution < -0.4 is 0 Å². The highest BCUT2D eigenvalue weighted by Crippen LogP contribution is 2.19. The monoisotopic (exact) mass is 174 g/mol. The van der Waals surface area contributed by atoms with Crippen LogP contribution in [-0.4, -0.2) is 6.67 Å². The summed E-state index contributed by atoms with van der Waals surface area (Å²) in [7, 11) is 0. The SMILES string of the molecule is CCCC(CCC)CCCCF. The maximum absolute atomic E-state index is 11.8. The van der Waals surface area contributed by atoms with Crippen LogP contribution in [0.25, 0.3) is 0 Å². The summed E-state index contributed by atoms with van der Waals surface area (Å²) in [4.78, 5) is 0. The van der Waals surface area contributed by atoms with E-state index in [4.69, 9.17) is 0 Å². The van der Waals surface area contributed by atoms with E-state index < -0.39 is 0 Å². The minimum atomic E-state index is -0.134. The van der Waals surface area contributed by atoms with Gasteiger partial charge in [-0.25, -0.2) is 0 Å². The molecule has 1 heteroatoms. The highest BCUT2D eigenvalue weighted by molar-refractivity contribution is 4.58. The second kappa shape index (κ2) is 9.02. The summed E-state index contributed by atoms with van der Waals surface area (Å²) < 4.78 is 11.8. The van der Waals surface area contributed by atoms with Gasteiger partial charge in [0.2, 0.25) is 0 Å². The smallest absolute Gasteiger partial charge is 0.0894 e. The van der Waals surface area contributed by atoms with Crippen LogP contribution in [0.3, 0.4) is 0 Å². The Morgan fingerprint density at radius 3 is 1.92 bits per heavy atom. The van der Waals surface area contributed by atoms with Crippen molar-refractivity contribution in [3.8, 4) is 0 Å². The molecule has 0 aliphatic rings. The van der Waals surface area contributed by atoms with Gasteiger partial charge in [0, 0.05) is 0 Å². The van der Waals surface area contributed by atoms with E-state index in [0.29, 0.717) is 0 Å². The minimum Gasteiger partial charge on any atom is -0.251 e. The lowest BCUT2D eigenvalue weighted by Gasteiger charge is -2.13. The molecule has 0 bridgehead atoms. The molecule has 0 spiro atoms. The molecule has 0 unspecified atom stereocenters. The molecule has 0 aromatic rings. The Balaban J connectivity index is 3.34. The zero-order valence-electron chi connectivity index (χ0n) is 8.61. The Morgan fingerprint density at radius 2 is 1.50 bits per heavy atom. The van der Waals surface area contributed by atoms with Crippen molar-refractivity contribution in [2.24, 2.45) is 5.92 Å². The van der Waals surface area contributed by atoms with E-state index in [1.165, 1.54) is 32.1 Å². The van der Waals surface area contributed by atoms with Crippen molar-refractivity contribution >= 4 is 0 Å². The van der Waals surface area contributed by atoms with Gasteiger partial charge in [-0.2, -0.15) is 0 Å². The molecule has 0 radical (unpaired) electrons. The fourth-order valence-electron chi connectivity index (χ4n) is 1.78. The lowest BCUT2D eigenvalue weighted by Crippen LogP contribution is -1.99. The lowest BCUT2D eigenvalue weighted by atomic mass is 9.93. The van der Waals surface area contributed by atoms with Crippen molar-refractivity contribution in [1.29, 1.82) is 0 Å². The normalized spacial score (nSPS) is 11.0. The van der Waals surface area contributed by atoms with Gasteiger partial charge in [0.05, 0.1) is 6.67 Å². The molecule has 0 aromatic carbocycles. The third-order valence-electron chi connectivity index (χ3n) is 2.39. The lowest BCUT2D eigenvalue weighted by molar-refractivity contribution is 0.375. The van der Waals surface area contributed by atoms with Gasteiger partial charge in [0.15, 0.2) is 0 Å². The Labute approximate surface area is 76.6 Å². The summed E-state index contributed by atoms with van der Waals surface area (Å²) >= 11 is 0. The van der Waals surface area contributed by atoms with Crippen LogP contribution in [0.4, 0.5) is 4.39 Å². The van der Waals surface area contributed by atoms with E-state index >= 15 is 0 Å². The van der Waals surface area contributed by atoms with Crippen LogP contribution >= 0.6 is 0 Å². The Bertz CT molecular complexity index is 75.1. The molecule has 0 nitrogen and oxygen atoms in total. The Morgan fingerprint density at radius 1 is 0.917 bits per heavy atom. The molecule has 0 aliphatic heterocycles. The molecule has 12 heavy (non-hydrogen) atoms. The molecule has 0 saturated heterocycles. The average molecular weight is 174 g/mol. The fourth-order valence-corrected chi connectivity index (χ4v) is 1.78. The molecule has 0 atom stereocenters. The summed E-state index contributed by atoms with van der Waals surface area (Å²) in [6.07, 6.45) is 8.32. The molecule has 74 valence electrons. The van der Waals surface area contributed by atoms with E-state index in [1.54, 1.807) is 0 Å². The summed E-state index contributed by atoms with van der Waals surface area (Å²) in [5, 5.41) is 0. The van der Waals surface area contributed by atoms with Gasteiger partial charge in [-0.3, -0.25) is 4.39 Å². The molecule has 0 fully saturated rings. The summed E-state index contributed by atoms with van der Waals surface area (Å²) in [5.74, 6) is 0.867. The zero-order valence-corrected chi connectivity index (χ0v) is 8.61. The third kappa shape index (κ3) is 6.63. The van der Waals surface area contributed by atoms with Crippen LogP contribution in [0, 0.1) is 5.92 Å². The van der Waals surface area contributed by atoms with Crippen LogP contribution in [-0.2, 0) is 0 Å². The second-order valence-electron chi connectivity index (χ2n) is 3.63. The van der Waals surface area contributed by atoms with Crippen molar-refractivity contribution in [1.82, 2.24) is 0 Å². The molecule has 0 saturated carbocycles. The van der Waals surface area contributed by atoms with Crippen LogP contribution in [0.5, 0.6) is 0 Å². The summed E-state index contributed by atoms with van der Waals surface area (Å²) in [6, 6.07) is 0. The van der Waals surface area contributed by atoms with Crippen LogP contribution in [0.1, 0.15) is 58.8 Å². The summed E-state index contributed by atoms with van der Waals surface area (Å²) in [6.45, 7) is 4.33. The number of unbranched alkanes of at least 4 members (excludes halogenated alkanes) is 1. The maximum atomic E-state index is 11.8. The first kappa shape index (κ1) is 11.9. The largest absolute Gasteiger partial charge is 0.251 e. The number of hydrogen-bond donors (Lipinski definition) is 0. The van der Waals surface area contributed by atoms with Gasteiger partial charge in [0.25, 0.3) is 0 Å². The number of rotatable bonds is 8. The molecular formula is C11H23F. The van der Waals surface area contributed by atoms with Gasteiger partial charge in [-0.05, 0) is 12.3 Å². The minimum absolute atomic E-state index is 0.134. The predicted octanol–water partition coefficient (Wildman–Crippen LogP) is 4.34. The third-order valence-corrected chi connectivity index (χ3v) is 2.39. The summed E-state index contributed by atoms with van der Waals surface area (Å²) in [5.41, 5.74) is 0. The van der Waals surface area contributed by atoms with Crippen molar-refractivity contribution in [3.63, 3.8) is 0 Å². The average Bonchev–Trinajstić information content (AvgIpc) is 2.06. The standard InChI is InChI=1S/C11H23F/c1-3-7-11(8-4-2)9-5-6-10-12/h11H,3-10H2,1-2H3. The zero-order chi connectivity index (χ0) is 9.23. The van der Waals surface area contributed by atoms with Crippen LogP contribution in [0.15, 0.2) is 0 Å². The van der Waals surface area contributed by atoms with Crippen molar-refractivity contribution in [2.45, 2.75) is 58.8 Å². The predicted molar refractivity (Wildman–Crippen MR) is 53.1 cm³/mol. The molecule has 0 rings (SSSR count). The quantitative estimate of drug-likeness (QED) is 0.480. The van der Waals surface area contributed by atoms with Gasteiger partial charge in [-0.1, -0.05) is 52.4 Å². The fraction of sp³-hybridized carbons (Fsp3) is 1.00. The molecule has 0 amide bonds. The van der Waals surface area contributed by atoms with E-state index in [1.807, 2.05) is 0 Å². The second-order valence-corrected chi connectivity index (χ2v) is 3.63. The number of hydrogen-bond acceptors (Lipinski definition) is 0. The van der Waals surface area contributed by atoms with Gasteiger partial charge < -0.3 is 0 Å². The van der Waals surface area contributed by atoms with E-state index in [9.17, 15) is 4.39 Å². The number of alkyl halides is 1. The number of halogens is 1. The Kier molecular flexibility index (Phi) is 8.97. The Hall–Kier alpha value is -0.0700. The highest BCUT2D eigenvalue weighted by Gasteiger charge is 2.05. The molecule has 0 aliphatic carbocycles. The molecule has 0 aromatic heterocycles. The molecular weight excluding hydrogens is 151 g/mol. The van der Waals surface area contributed by atoms with Crippen LogP contribution in [0.2, 0.25) is 0 Å². The van der Waals surface area contributed by atoms with E-state index in [-0.39, 0.29) is 6.67 Å².